The van der Waals surface area contributed by atoms with Crippen LogP contribution in [-0.2, 0) is 0 Å². The zero-order chi connectivity index (χ0) is 17.4. The van der Waals surface area contributed by atoms with E-state index in [2.05, 4.69) is 10.3 Å². The summed E-state index contributed by atoms with van der Waals surface area (Å²) < 4.78 is 1.75. The SMILES string of the molecule is O=C(Nc1ccc([N+](=O)[O-])cc1)c1csc2nc(-c3cccs3)cn12. The predicted molar refractivity (Wildman–Crippen MR) is 97.4 cm³/mol. The van der Waals surface area contributed by atoms with Gasteiger partial charge in [-0.15, -0.1) is 22.7 Å². The first-order valence-electron chi connectivity index (χ1n) is 7.18. The quantitative estimate of drug-likeness (QED) is 0.429. The molecule has 0 spiro atoms. The van der Waals surface area contributed by atoms with Gasteiger partial charge in [0.2, 0.25) is 0 Å². The van der Waals surface area contributed by atoms with Crippen molar-refractivity contribution in [1.29, 1.82) is 0 Å². The Kier molecular flexibility index (Phi) is 3.79. The third kappa shape index (κ3) is 2.90. The number of carbonyl (C=O) groups excluding carboxylic acids is 1. The first-order valence-corrected chi connectivity index (χ1v) is 8.94. The number of thiophene rings is 1. The number of aromatic nitrogens is 2. The number of thiazole rings is 1. The number of rotatable bonds is 4. The molecule has 0 saturated heterocycles. The summed E-state index contributed by atoms with van der Waals surface area (Å²) in [6.45, 7) is 0. The first-order chi connectivity index (χ1) is 12.1. The molecule has 0 aliphatic rings. The molecule has 1 N–H and O–H groups in total. The Labute approximate surface area is 149 Å². The third-order valence-electron chi connectivity index (χ3n) is 3.55. The van der Waals surface area contributed by atoms with Crippen molar-refractivity contribution in [3.63, 3.8) is 0 Å². The van der Waals surface area contributed by atoms with Crippen molar-refractivity contribution in [2.75, 3.05) is 5.32 Å². The predicted octanol–water partition coefficient (Wildman–Crippen LogP) is 4.28. The summed E-state index contributed by atoms with van der Waals surface area (Å²) in [5.41, 5.74) is 1.76. The Morgan fingerprint density at radius 1 is 1.20 bits per heavy atom. The number of imidazole rings is 1. The fourth-order valence-corrected chi connectivity index (χ4v) is 3.89. The van der Waals surface area contributed by atoms with Crippen molar-refractivity contribution in [3.8, 4) is 10.6 Å². The van der Waals surface area contributed by atoms with Crippen LogP contribution in [-0.4, -0.2) is 20.2 Å². The summed E-state index contributed by atoms with van der Waals surface area (Å²) in [7, 11) is 0. The number of carbonyl (C=O) groups is 1. The van der Waals surface area contributed by atoms with Crippen LogP contribution in [0.4, 0.5) is 11.4 Å². The average molecular weight is 370 g/mol. The van der Waals surface area contributed by atoms with Crippen molar-refractivity contribution in [1.82, 2.24) is 9.38 Å². The van der Waals surface area contributed by atoms with E-state index in [1.54, 1.807) is 21.1 Å². The first kappa shape index (κ1) is 15.5. The number of nitro benzene ring substituents is 1. The van der Waals surface area contributed by atoms with Crippen LogP contribution in [0.3, 0.4) is 0 Å². The van der Waals surface area contributed by atoms with Crippen molar-refractivity contribution >= 4 is 44.9 Å². The Morgan fingerprint density at radius 3 is 2.68 bits per heavy atom. The molecule has 3 heterocycles. The van der Waals surface area contributed by atoms with Crippen LogP contribution in [0.2, 0.25) is 0 Å². The van der Waals surface area contributed by atoms with E-state index in [0.29, 0.717) is 11.4 Å². The number of fused-ring (bicyclic) bond motifs is 1. The molecule has 9 heteroatoms. The van der Waals surface area contributed by atoms with E-state index in [-0.39, 0.29) is 11.6 Å². The normalized spacial score (nSPS) is 10.9. The number of hydrogen-bond acceptors (Lipinski definition) is 6. The maximum absolute atomic E-state index is 12.5. The van der Waals surface area contributed by atoms with Crippen LogP contribution in [0.5, 0.6) is 0 Å². The van der Waals surface area contributed by atoms with E-state index in [0.717, 1.165) is 15.5 Å². The van der Waals surface area contributed by atoms with E-state index in [1.807, 2.05) is 23.7 Å². The van der Waals surface area contributed by atoms with Gasteiger partial charge in [-0.2, -0.15) is 0 Å². The minimum atomic E-state index is -0.481. The van der Waals surface area contributed by atoms with Gasteiger partial charge in [0.05, 0.1) is 9.80 Å². The maximum atomic E-state index is 12.5. The molecule has 0 aliphatic heterocycles. The third-order valence-corrected chi connectivity index (χ3v) is 5.28. The van der Waals surface area contributed by atoms with Gasteiger partial charge in [0.25, 0.3) is 11.6 Å². The lowest BCUT2D eigenvalue weighted by Gasteiger charge is -2.04. The monoisotopic (exact) mass is 370 g/mol. The molecule has 1 aromatic carbocycles. The van der Waals surface area contributed by atoms with Crippen LogP contribution in [0.1, 0.15) is 10.5 Å². The Morgan fingerprint density at radius 2 is 2.00 bits per heavy atom. The number of benzene rings is 1. The number of non-ortho nitro benzene ring substituents is 1. The molecular weight excluding hydrogens is 360 g/mol. The second kappa shape index (κ2) is 6.11. The Hall–Kier alpha value is -3.04. The second-order valence-electron chi connectivity index (χ2n) is 5.14. The summed E-state index contributed by atoms with van der Waals surface area (Å²) in [6.07, 6.45) is 1.84. The molecule has 25 heavy (non-hydrogen) atoms. The van der Waals surface area contributed by atoms with E-state index >= 15 is 0 Å². The van der Waals surface area contributed by atoms with Crippen LogP contribution in [0.15, 0.2) is 53.4 Å². The molecule has 124 valence electrons. The highest BCUT2D eigenvalue weighted by Gasteiger charge is 2.16. The van der Waals surface area contributed by atoms with Crippen molar-refractivity contribution in [2.24, 2.45) is 0 Å². The zero-order valence-electron chi connectivity index (χ0n) is 12.6. The lowest BCUT2D eigenvalue weighted by atomic mass is 10.3. The Bertz CT molecular complexity index is 1060. The summed E-state index contributed by atoms with van der Waals surface area (Å²) in [4.78, 5) is 29.0. The van der Waals surface area contributed by atoms with Gasteiger partial charge in [-0.1, -0.05) is 6.07 Å². The van der Waals surface area contributed by atoms with Gasteiger partial charge >= 0.3 is 0 Å². The second-order valence-corrected chi connectivity index (χ2v) is 6.92. The molecular formula is C16H10N4O3S2. The lowest BCUT2D eigenvalue weighted by molar-refractivity contribution is -0.384. The molecule has 1 amide bonds. The molecule has 4 rings (SSSR count). The van der Waals surface area contributed by atoms with Gasteiger partial charge in [0.15, 0.2) is 4.96 Å². The molecule has 3 aromatic heterocycles. The summed E-state index contributed by atoms with van der Waals surface area (Å²) in [5, 5.41) is 17.1. The topological polar surface area (TPSA) is 89.5 Å². The number of nitro groups is 1. The van der Waals surface area contributed by atoms with Crippen LogP contribution < -0.4 is 5.32 Å². The Balaban J connectivity index is 1.60. The van der Waals surface area contributed by atoms with E-state index in [9.17, 15) is 14.9 Å². The molecule has 0 radical (unpaired) electrons. The fraction of sp³-hybridized carbons (Fsp3) is 0. The maximum Gasteiger partial charge on any atom is 0.273 e. The largest absolute Gasteiger partial charge is 0.321 e. The summed E-state index contributed by atoms with van der Waals surface area (Å²) in [5.74, 6) is -0.296. The molecule has 0 saturated carbocycles. The molecule has 7 nitrogen and oxygen atoms in total. The van der Waals surface area contributed by atoms with E-state index in [1.165, 1.54) is 35.6 Å². The molecule has 0 atom stereocenters. The standard InChI is InChI=1S/C16H10N4O3S2/c21-15(17-10-3-5-11(6-4-10)20(22)23)13-9-25-16-18-12(8-19(13)16)14-2-1-7-24-14/h1-9H,(H,17,21). The summed E-state index contributed by atoms with van der Waals surface area (Å²) in [6, 6.07) is 9.65. The molecule has 0 aliphatic carbocycles. The molecule has 0 unspecified atom stereocenters. The van der Waals surface area contributed by atoms with Gasteiger partial charge < -0.3 is 5.32 Å². The fourth-order valence-electron chi connectivity index (χ4n) is 2.35. The number of anilines is 1. The van der Waals surface area contributed by atoms with Crippen LogP contribution >= 0.6 is 22.7 Å². The van der Waals surface area contributed by atoms with Gasteiger partial charge in [-0.05, 0) is 23.6 Å². The smallest absolute Gasteiger partial charge is 0.273 e. The van der Waals surface area contributed by atoms with Crippen molar-refractivity contribution in [3.05, 3.63) is 69.2 Å². The number of nitrogens with one attached hydrogen (secondary N) is 1. The molecule has 4 aromatic rings. The van der Waals surface area contributed by atoms with Crippen molar-refractivity contribution in [2.45, 2.75) is 0 Å². The highest BCUT2D eigenvalue weighted by Crippen LogP contribution is 2.27. The van der Waals surface area contributed by atoms with E-state index in [4.69, 9.17) is 0 Å². The molecule has 0 fully saturated rings. The number of amides is 1. The van der Waals surface area contributed by atoms with Crippen LogP contribution in [0.25, 0.3) is 15.5 Å². The van der Waals surface area contributed by atoms with Gasteiger partial charge in [-0.3, -0.25) is 19.3 Å². The highest BCUT2D eigenvalue weighted by atomic mass is 32.1. The van der Waals surface area contributed by atoms with Gasteiger partial charge in [0, 0.05) is 29.4 Å². The zero-order valence-corrected chi connectivity index (χ0v) is 14.2. The molecule has 0 bridgehead atoms. The van der Waals surface area contributed by atoms with Gasteiger partial charge in [0.1, 0.15) is 11.4 Å². The summed E-state index contributed by atoms with van der Waals surface area (Å²) >= 11 is 2.97. The highest BCUT2D eigenvalue weighted by molar-refractivity contribution is 7.15. The lowest BCUT2D eigenvalue weighted by Crippen LogP contribution is -2.13. The van der Waals surface area contributed by atoms with Gasteiger partial charge in [-0.25, -0.2) is 4.98 Å². The average Bonchev–Trinajstić information content (AvgIpc) is 3.31. The number of nitrogens with zero attached hydrogens (tertiary/aromatic N) is 3. The van der Waals surface area contributed by atoms with Crippen LogP contribution in [0, 0.1) is 10.1 Å². The van der Waals surface area contributed by atoms with E-state index < -0.39 is 4.92 Å². The number of hydrogen-bond donors (Lipinski definition) is 1. The minimum Gasteiger partial charge on any atom is -0.321 e. The van der Waals surface area contributed by atoms with Crippen molar-refractivity contribution < 1.29 is 9.72 Å². The minimum absolute atomic E-state index is 0.0221.